The quantitative estimate of drug-likeness (QED) is 0.858. The molecule has 6 nitrogen and oxygen atoms in total. The summed E-state index contributed by atoms with van der Waals surface area (Å²) in [5, 5.41) is 5.40. The average molecular weight is 343 g/mol. The topological polar surface area (TPSA) is 56.6 Å². The van der Waals surface area contributed by atoms with Crippen LogP contribution < -0.4 is 0 Å². The molecule has 0 N–H and O–H groups in total. The molecule has 2 fully saturated rings. The summed E-state index contributed by atoms with van der Waals surface area (Å²) in [7, 11) is 3.60. The largest absolute Gasteiger partial charge is 0.382 e. The lowest BCUT2D eigenvalue weighted by Crippen LogP contribution is -2.43. The number of nitrogens with zero attached hydrogens (tertiary/aromatic N) is 3. The minimum atomic E-state index is 0.0407. The zero-order chi connectivity index (χ0) is 17.4. The van der Waals surface area contributed by atoms with Gasteiger partial charge in [0, 0.05) is 32.6 Å². The van der Waals surface area contributed by atoms with E-state index in [1.807, 2.05) is 36.2 Å². The van der Waals surface area contributed by atoms with Gasteiger partial charge in [0.05, 0.1) is 24.8 Å². The minimum absolute atomic E-state index is 0.0407. The first-order chi connectivity index (χ1) is 12.1. The summed E-state index contributed by atoms with van der Waals surface area (Å²) in [5.74, 6) is 0.0407. The third-order valence-electron chi connectivity index (χ3n) is 5.71. The first-order valence-corrected chi connectivity index (χ1v) is 8.93. The summed E-state index contributed by atoms with van der Waals surface area (Å²) < 4.78 is 12.9. The van der Waals surface area contributed by atoms with Gasteiger partial charge in [0.1, 0.15) is 0 Å². The van der Waals surface area contributed by atoms with Crippen LogP contribution in [0.25, 0.3) is 10.9 Å². The zero-order valence-corrected chi connectivity index (χ0v) is 14.9. The van der Waals surface area contributed by atoms with Crippen molar-refractivity contribution in [2.45, 2.75) is 25.4 Å². The van der Waals surface area contributed by atoms with Gasteiger partial charge in [-0.15, -0.1) is 0 Å². The molecular formula is C19H25N3O3. The number of likely N-dealkylation sites (tertiary alicyclic amines) is 1. The van der Waals surface area contributed by atoms with Crippen LogP contribution in [0.15, 0.2) is 24.3 Å². The summed E-state index contributed by atoms with van der Waals surface area (Å²) in [6.07, 6.45) is 3.22. The molecule has 1 aromatic heterocycles. The number of benzene rings is 1. The fourth-order valence-electron chi connectivity index (χ4n) is 4.24. The van der Waals surface area contributed by atoms with Crippen molar-refractivity contribution in [2.75, 3.05) is 33.4 Å². The lowest BCUT2D eigenvalue weighted by atomic mass is 9.76. The van der Waals surface area contributed by atoms with Crippen molar-refractivity contribution in [3.63, 3.8) is 0 Å². The SMILES string of the molecule is COC[C@H]1CC2(CCN(C(=O)c3nn(C)c4ccccc34)CC2)CO1. The maximum Gasteiger partial charge on any atom is 0.275 e. The fourth-order valence-corrected chi connectivity index (χ4v) is 4.24. The molecule has 0 radical (unpaired) electrons. The number of rotatable bonds is 3. The number of aryl methyl sites for hydroxylation is 1. The van der Waals surface area contributed by atoms with Crippen LogP contribution in [0.5, 0.6) is 0 Å². The van der Waals surface area contributed by atoms with Crippen molar-refractivity contribution in [1.82, 2.24) is 14.7 Å². The van der Waals surface area contributed by atoms with E-state index in [0.29, 0.717) is 12.3 Å². The van der Waals surface area contributed by atoms with Crippen LogP contribution in [0.4, 0.5) is 0 Å². The van der Waals surface area contributed by atoms with Crippen molar-refractivity contribution in [2.24, 2.45) is 12.5 Å². The molecule has 1 amide bonds. The van der Waals surface area contributed by atoms with Crippen molar-refractivity contribution in [1.29, 1.82) is 0 Å². The van der Waals surface area contributed by atoms with Gasteiger partial charge in [0.15, 0.2) is 5.69 Å². The Kier molecular flexibility index (Phi) is 4.25. The summed E-state index contributed by atoms with van der Waals surface area (Å²) in [4.78, 5) is 14.9. The Hall–Kier alpha value is -1.92. The number of methoxy groups -OCH3 is 1. The molecule has 0 saturated carbocycles. The van der Waals surface area contributed by atoms with E-state index in [4.69, 9.17) is 9.47 Å². The molecule has 4 rings (SSSR count). The minimum Gasteiger partial charge on any atom is -0.382 e. The fraction of sp³-hybridized carbons (Fsp3) is 0.579. The van der Waals surface area contributed by atoms with E-state index >= 15 is 0 Å². The molecular weight excluding hydrogens is 318 g/mol. The number of piperidine rings is 1. The number of amides is 1. The molecule has 3 heterocycles. The third-order valence-corrected chi connectivity index (χ3v) is 5.71. The molecule has 2 aliphatic rings. The highest BCUT2D eigenvalue weighted by Crippen LogP contribution is 2.42. The Bertz CT molecular complexity index is 777. The highest BCUT2D eigenvalue weighted by molar-refractivity contribution is 6.04. The van der Waals surface area contributed by atoms with Crippen molar-refractivity contribution < 1.29 is 14.3 Å². The normalized spacial score (nSPS) is 22.8. The Balaban J connectivity index is 1.46. The molecule has 0 unspecified atom stereocenters. The molecule has 134 valence electrons. The molecule has 1 aromatic carbocycles. The molecule has 2 aliphatic heterocycles. The smallest absolute Gasteiger partial charge is 0.275 e. The molecule has 1 atom stereocenters. The lowest BCUT2D eigenvalue weighted by Gasteiger charge is -2.38. The second-order valence-corrected chi connectivity index (χ2v) is 7.37. The molecule has 6 heteroatoms. The lowest BCUT2D eigenvalue weighted by molar-refractivity contribution is 0.0280. The van der Waals surface area contributed by atoms with Gasteiger partial charge in [-0.2, -0.15) is 5.10 Å². The van der Waals surface area contributed by atoms with Gasteiger partial charge in [0.25, 0.3) is 5.91 Å². The summed E-state index contributed by atoms with van der Waals surface area (Å²) in [6, 6.07) is 7.90. The van der Waals surface area contributed by atoms with E-state index in [1.54, 1.807) is 11.8 Å². The third kappa shape index (κ3) is 2.93. The Labute approximate surface area is 147 Å². The first-order valence-electron chi connectivity index (χ1n) is 8.93. The average Bonchev–Trinajstić information content (AvgIpc) is 3.18. The van der Waals surface area contributed by atoms with E-state index < -0.39 is 0 Å². The zero-order valence-electron chi connectivity index (χ0n) is 14.9. The number of ether oxygens (including phenoxy) is 2. The predicted octanol–water partition coefficient (Wildman–Crippen LogP) is 2.23. The van der Waals surface area contributed by atoms with Crippen LogP contribution in [0, 0.1) is 5.41 Å². The van der Waals surface area contributed by atoms with E-state index in [9.17, 15) is 4.79 Å². The second-order valence-electron chi connectivity index (χ2n) is 7.37. The number of aromatic nitrogens is 2. The molecule has 25 heavy (non-hydrogen) atoms. The van der Waals surface area contributed by atoms with Gasteiger partial charge in [-0.1, -0.05) is 18.2 Å². The number of carbonyl (C=O) groups excluding carboxylic acids is 1. The van der Waals surface area contributed by atoms with Crippen LogP contribution in [-0.4, -0.2) is 60.1 Å². The van der Waals surface area contributed by atoms with Crippen molar-refractivity contribution in [3.8, 4) is 0 Å². The number of para-hydroxylation sites is 1. The molecule has 2 aromatic rings. The molecule has 2 saturated heterocycles. The standard InChI is InChI=1S/C19H25N3O3/c1-21-16-6-4-3-5-15(16)17(20-21)18(23)22-9-7-19(8-10-22)11-14(12-24-2)25-13-19/h3-6,14H,7-13H2,1-2H3/t14-/m1/s1. The maximum absolute atomic E-state index is 13.0. The van der Waals surface area contributed by atoms with Crippen molar-refractivity contribution in [3.05, 3.63) is 30.0 Å². The highest BCUT2D eigenvalue weighted by atomic mass is 16.5. The van der Waals surface area contributed by atoms with E-state index in [2.05, 4.69) is 5.10 Å². The van der Waals surface area contributed by atoms with Crippen LogP contribution in [0.2, 0.25) is 0 Å². The van der Waals surface area contributed by atoms with Crippen LogP contribution in [0.1, 0.15) is 29.8 Å². The number of carbonyl (C=O) groups is 1. The highest BCUT2D eigenvalue weighted by Gasteiger charge is 2.43. The van der Waals surface area contributed by atoms with E-state index in [1.165, 1.54) is 0 Å². The van der Waals surface area contributed by atoms with Gasteiger partial charge >= 0.3 is 0 Å². The number of hydrogen-bond acceptors (Lipinski definition) is 4. The van der Waals surface area contributed by atoms with Crippen LogP contribution in [-0.2, 0) is 16.5 Å². The number of hydrogen-bond donors (Lipinski definition) is 0. The Morgan fingerprint density at radius 1 is 1.36 bits per heavy atom. The van der Waals surface area contributed by atoms with Gasteiger partial charge in [-0.05, 0) is 30.7 Å². The number of fused-ring (bicyclic) bond motifs is 1. The van der Waals surface area contributed by atoms with Gasteiger partial charge in [0.2, 0.25) is 0 Å². The summed E-state index contributed by atoms with van der Waals surface area (Å²) >= 11 is 0. The van der Waals surface area contributed by atoms with Gasteiger partial charge in [-0.3, -0.25) is 9.48 Å². The summed E-state index contributed by atoms with van der Waals surface area (Å²) in [5.41, 5.74) is 1.77. The molecule has 0 aliphatic carbocycles. The molecule has 0 bridgehead atoms. The van der Waals surface area contributed by atoms with Gasteiger partial charge in [-0.25, -0.2) is 0 Å². The van der Waals surface area contributed by atoms with Crippen LogP contribution >= 0.6 is 0 Å². The first kappa shape index (κ1) is 16.5. The van der Waals surface area contributed by atoms with Gasteiger partial charge < -0.3 is 14.4 Å². The second kappa shape index (κ2) is 6.42. The summed E-state index contributed by atoms with van der Waals surface area (Å²) in [6.45, 7) is 2.99. The van der Waals surface area contributed by atoms with E-state index in [0.717, 1.165) is 49.9 Å². The van der Waals surface area contributed by atoms with Crippen molar-refractivity contribution >= 4 is 16.8 Å². The Morgan fingerprint density at radius 3 is 2.88 bits per heavy atom. The molecule has 1 spiro atoms. The maximum atomic E-state index is 13.0. The van der Waals surface area contributed by atoms with E-state index in [-0.39, 0.29) is 17.4 Å². The predicted molar refractivity (Wildman–Crippen MR) is 94.5 cm³/mol. The monoisotopic (exact) mass is 343 g/mol. The van der Waals surface area contributed by atoms with Crippen LogP contribution in [0.3, 0.4) is 0 Å². The Morgan fingerprint density at radius 2 is 2.12 bits per heavy atom.